The zero-order valence-corrected chi connectivity index (χ0v) is 13.3. The van der Waals surface area contributed by atoms with E-state index >= 15 is 0 Å². The molecule has 4 rings (SSSR count). The molecule has 6 heteroatoms. The maximum absolute atomic E-state index is 12.7. The Morgan fingerprint density at radius 2 is 2.00 bits per heavy atom. The van der Waals surface area contributed by atoms with Crippen molar-refractivity contribution in [3.63, 3.8) is 0 Å². The summed E-state index contributed by atoms with van der Waals surface area (Å²) >= 11 is 5.94. The van der Waals surface area contributed by atoms with Gasteiger partial charge in [-0.25, -0.2) is 0 Å². The molecule has 0 saturated carbocycles. The highest BCUT2D eigenvalue weighted by Gasteiger charge is 2.32. The van der Waals surface area contributed by atoms with Gasteiger partial charge in [0.05, 0.1) is 22.2 Å². The smallest absolute Gasteiger partial charge is 0.200 e. The van der Waals surface area contributed by atoms with Crippen LogP contribution in [-0.2, 0) is 6.42 Å². The number of hydrogen-bond acceptors (Lipinski definition) is 4. The van der Waals surface area contributed by atoms with Crippen molar-refractivity contribution in [1.29, 1.82) is 0 Å². The number of pyridine rings is 2. The van der Waals surface area contributed by atoms with E-state index in [0.717, 1.165) is 10.4 Å². The molecule has 2 aromatic heterocycles. The number of carbonyl (C=O) groups excluding carboxylic acids is 1. The van der Waals surface area contributed by atoms with Gasteiger partial charge in [0, 0.05) is 35.7 Å². The van der Waals surface area contributed by atoms with E-state index in [1.54, 1.807) is 24.4 Å². The number of hydrogen-bond donors (Lipinski definition) is 1. The van der Waals surface area contributed by atoms with Gasteiger partial charge in [-0.1, -0.05) is 17.7 Å². The van der Waals surface area contributed by atoms with Crippen molar-refractivity contribution in [2.75, 3.05) is 0 Å². The second kappa shape index (κ2) is 5.46. The Hall–Kier alpha value is -2.66. The normalized spacial score (nSPS) is 17.0. The Morgan fingerprint density at radius 3 is 2.75 bits per heavy atom. The zero-order chi connectivity index (χ0) is 16.8. The predicted octanol–water partition coefficient (Wildman–Crippen LogP) is 3.20. The number of fused-ring (bicyclic) bond motifs is 2. The number of nitrogens with zero attached hydrogens (tertiary/aromatic N) is 2. The highest BCUT2D eigenvalue weighted by molar-refractivity contribution is 6.31. The number of carbonyl (C=O) groups is 1. The van der Waals surface area contributed by atoms with E-state index in [2.05, 4.69) is 4.98 Å². The van der Waals surface area contributed by atoms with Gasteiger partial charge in [0.15, 0.2) is 5.78 Å². The fourth-order valence-corrected chi connectivity index (χ4v) is 3.50. The molecule has 0 saturated heterocycles. The third-order valence-corrected chi connectivity index (χ3v) is 4.69. The van der Waals surface area contributed by atoms with Crippen LogP contribution in [0.1, 0.15) is 34.1 Å². The summed E-state index contributed by atoms with van der Waals surface area (Å²) < 4.78 is 0.940. The Balaban J connectivity index is 1.94. The fraction of sp³-hybridized carbons (Fsp3) is 0.167. The summed E-state index contributed by atoms with van der Waals surface area (Å²) in [6.07, 6.45) is 2.25. The van der Waals surface area contributed by atoms with E-state index in [1.807, 2.05) is 12.1 Å². The maximum Gasteiger partial charge on any atom is 0.200 e. The number of halogens is 1. The highest BCUT2D eigenvalue weighted by atomic mass is 35.5. The van der Waals surface area contributed by atoms with Gasteiger partial charge in [0.2, 0.25) is 5.43 Å². The number of rotatable bonds is 1. The van der Waals surface area contributed by atoms with Crippen molar-refractivity contribution in [2.45, 2.75) is 18.8 Å². The van der Waals surface area contributed by atoms with Gasteiger partial charge in [-0.05, 0) is 30.3 Å². The number of Topliss-reactive ketones (excluding diaryl/α,β-unsaturated/α-hetero) is 1. The van der Waals surface area contributed by atoms with Gasteiger partial charge >= 0.3 is 0 Å². The van der Waals surface area contributed by atoms with Gasteiger partial charge in [-0.2, -0.15) is 4.73 Å². The van der Waals surface area contributed by atoms with Crippen molar-refractivity contribution in [3.8, 4) is 0 Å². The summed E-state index contributed by atoms with van der Waals surface area (Å²) in [7, 11) is 0. The molecule has 1 atom stereocenters. The Labute approximate surface area is 142 Å². The van der Waals surface area contributed by atoms with Crippen LogP contribution < -0.4 is 5.43 Å². The SMILES string of the molecule is O=C1CC(c2ccccn2)Cc2c1c(=O)c1cc(Cl)ccc1n2O. The molecule has 1 unspecified atom stereocenters. The molecule has 0 spiro atoms. The summed E-state index contributed by atoms with van der Waals surface area (Å²) in [5.41, 5.74) is 1.14. The van der Waals surface area contributed by atoms with Gasteiger partial charge in [0.1, 0.15) is 0 Å². The standard InChI is InChI=1S/C18H13ClN2O3/c19-11-4-5-14-12(9-11)18(23)17-15(21(14)24)7-10(8-16(17)22)13-3-1-2-6-20-13/h1-6,9-10,24H,7-8H2. The van der Waals surface area contributed by atoms with Crippen LogP contribution >= 0.6 is 11.6 Å². The van der Waals surface area contributed by atoms with Crippen LogP contribution in [0.25, 0.3) is 10.9 Å². The first-order valence-electron chi connectivity index (χ1n) is 7.57. The molecular weight excluding hydrogens is 328 g/mol. The van der Waals surface area contributed by atoms with Crippen LogP contribution in [0.2, 0.25) is 5.02 Å². The van der Waals surface area contributed by atoms with E-state index in [9.17, 15) is 14.8 Å². The maximum atomic E-state index is 12.7. The zero-order valence-electron chi connectivity index (χ0n) is 12.6. The van der Waals surface area contributed by atoms with E-state index in [1.165, 1.54) is 6.07 Å². The first-order valence-corrected chi connectivity index (χ1v) is 7.94. The van der Waals surface area contributed by atoms with Crippen molar-refractivity contribution in [3.05, 3.63) is 74.8 Å². The van der Waals surface area contributed by atoms with Crippen LogP contribution in [0.15, 0.2) is 47.4 Å². The molecule has 120 valence electrons. The summed E-state index contributed by atoms with van der Waals surface area (Å²) in [5.74, 6) is -0.435. The minimum atomic E-state index is -0.378. The van der Waals surface area contributed by atoms with Crippen LogP contribution in [0.5, 0.6) is 0 Å². The molecule has 2 heterocycles. The molecule has 1 aliphatic rings. The summed E-state index contributed by atoms with van der Waals surface area (Å²) in [6.45, 7) is 0. The van der Waals surface area contributed by atoms with Gasteiger partial charge in [-0.15, -0.1) is 0 Å². The molecule has 1 aliphatic carbocycles. The Kier molecular flexibility index (Phi) is 3.39. The van der Waals surface area contributed by atoms with Gasteiger partial charge in [0.25, 0.3) is 0 Å². The van der Waals surface area contributed by atoms with Crippen LogP contribution in [-0.4, -0.2) is 20.7 Å². The van der Waals surface area contributed by atoms with Crippen LogP contribution in [0, 0.1) is 0 Å². The number of benzene rings is 1. The molecule has 0 amide bonds. The highest BCUT2D eigenvalue weighted by Crippen LogP contribution is 2.32. The van der Waals surface area contributed by atoms with Crippen LogP contribution in [0.3, 0.4) is 0 Å². The number of ketones is 1. The first-order chi connectivity index (χ1) is 11.6. The van der Waals surface area contributed by atoms with Crippen molar-refractivity contribution < 1.29 is 10.0 Å². The average molecular weight is 341 g/mol. The average Bonchev–Trinajstić information content (AvgIpc) is 2.59. The monoisotopic (exact) mass is 340 g/mol. The van der Waals surface area contributed by atoms with E-state index in [-0.39, 0.29) is 34.5 Å². The summed E-state index contributed by atoms with van der Waals surface area (Å²) in [4.78, 5) is 29.6. The minimum Gasteiger partial charge on any atom is -0.428 e. The Morgan fingerprint density at radius 1 is 1.17 bits per heavy atom. The minimum absolute atomic E-state index is 0.0550. The molecule has 0 aliphatic heterocycles. The molecule has 0 radical (unpaired) electrons. The molecule has 0 fully saturated rings. The van der Waals surface area contributed by atoms with Crippen molar-refractivity contribution in [1.82, 2.24) is 9.71 Å². The lowest BCUT2D eigenvalue weighted by molar-refractivity contribution is 0.0948. The van der Waals surface area contributed by atoms with E-state index in [0.29, 0.717) is 22.7 Å². The second-order valence-corrected chi connectivity index (χ2v) is 6.34. The quantitative estimate of drug-likeness (QED) is 0.690. The topological polar surface area (TPSA) is 72.2 Å². The second-order valence-electron chi connectivity index (χ2n) is 5.91. The lowest BCUT2D eigenvalue weighted by Gasteiger charge is -2.25. The lowest BCUT2D eigenvalue weighted by Crippen LogP contribution is -2.30. The number of aromatic nitrogens is 2. The van der Waals surface area contributed by atoms with Gasteiger partial charge in [-0.3, -0.25) is 14.6 Å². The van der Waals surface area contributed by atoms with Crippen molar-refractivity contribution in [2.24, 2.45) is 0 Å². The molecular formula is C18H13ClN2O3. The molecule has 1 aromatic carbocycles. The molecule has 1 N–H and O–H groups in total. The molecule has 0 bridgehead atoms. The summed E-state index contributed by atoms with van der Waals surface area (Å²) in [6, 6.07) is 10.2. The summed E-state index contributed by atoms with van der Waals surface area (Å²) in [5, 5.41) is 11.2. The van der Waals surface area contributed by atoms with E-state index < -0.39 is 0 Å². The predicted molar refractivity (Wildman–Crippen MR) is 90.0 cm³/mol. The fourth-order valence-electron chi connectivity index (χ4n) is 3.33. The van der Waals surface area contributed by atoms with Gasteiger partial charge < -0.3 is 5.21 Å². The lowest BCUT2D eigenvalue weighted by atomic mass is 9.83. The Bertz CT molecular complexity index is 1030. The third kappa shape index (κ3) is 2.20. The molecule has 5 nitrogen and oxygen atoms in total. The van der Waals surface area contributed by atoms with Crippen molar-refractivity contribution >= 4 is 28.3 Å². The first kappa shape index (κ1) is 14.9. The third-order valence-electron chi connectivity index (χ3n) is 4.46. The molecule has 3 aromatic rings. The van der Waals surface area contributed by atoms with Crippen LogP contribution in [0.4, 0.5) is 0 Å². The largest absolute Gasteiger partial charge is 0.428 e. The van der Waals surface area contributed by atoms with E-state index in [4.69, 9.17) is 11.6 Å². The molecule has 24 heavy (non-hydrogen) atoms.